The minimum absolute atomic E-state index is 0.00702. The molecular formula is C22H17Cl2FN4O2. The van der Waals surface area contributed by atoms with E-state index in [9.17, 15) is 9.18 Å². The van der Waals surface area contributed by atoms with Gasteiger partial charge >= 0.3 is 0 Å². The first-order valence-electron chi connectivity index (χ1n) is 9.26. The highest BCUT2D eigenvalue weighted by molar-refractivity contribution is 6.36. The van der Waals surface area contributed by atoms with Gasteiger partial charge < -0.3 is 14.0 Å². The van der Waals surface area contributed by atoms with Crippen LogP contribution >= 0.6 is 23.2 Å². The Balaban J connectivity index is 1.78. The first kappa shape index (κ1) is 21.1. The second-order valence-corrected chi connectivity index (χ2v) is 7.65. The van der Waals surface area contributed by atoms with E-state index in [1.165, 1.54) is 23.2 Å². The Hall–Kier alpha value is -3.16. The summed E-state index contributed by atoms with van der Waals surface area (Å²) in [6.07, 6.45) is 2.98. The van der Waals surface area contributed by atoms with Gasteiger partial charge in [0.15, 0.2) is 5.65 Å². The molecule has 4 aromatic rings. The fourth-order valence-electron chi connectivity index (χ4n) is 3.24. The molecule has 0 atom stereocenters. The molecule has 0 bridgehead atoms. The molecule has 9 heteroatoms. The number of benzene rings is 1. The summed E-state index contributed by atoms with van der Waals surface area (Å²) >= 11 is 12.6. The molecule has 0 fully saturated rings. The number of likely N-dealkylation sites (N-methyl/N-ethyl adjacent to an activating group) is 1. The number of pyridine rings is 2. The first-order valence-corrected chi connectivity index (χ1v) is 10.0. The number of amides is 1. The van der Waals surface area contributed by atoms with Gasteiger partial charge in [-0.1, -0.05) is 23.2 Å². The molecule has 4 rings (SSSR count). The van der Waals surface area contributed by atoms with Gasteiger partial charge in [-0.15, -0.1) is 0 Å². The minimum atomic E-state index is -0.613. The molecule has 0 aliphatic rings. The quantitative estimate of drug-likeness (QED) is 0.393. The summed E-state index contributed by atoms with van der Waals surface area (Å²) in [5, 5.41) is 0.790. The SMILES string of the molecule is COc1ccc(-c2nc3c(Cl)cc(Cl)cn3c2CC(=O)N(C)c2ccc([18F])nc2)cc1. The summed E-state index contributed by atoms with van der Waals surface area (Å²) in [5.74, 6) is -0.145. The molecule has 0 aliphatic carbocycles. The number of carbonyl (C=O) groups excluding carboxylic acids is 1. The van der Waals surface area contributed by atoms with Crippen LogP contribution in [0.25, 0.3) is 16.9 Å². The van der Waals surface area contributed by atoms with E-state index in [0.717, 1.165) is 5.56 Å². The van der Waals surface area contributed by atoms with Crippen LogP contribution in [0.15, 0.2) is 54.9 Å². The Morgan fingerprint density at radius 1 is 1.19 bits per heavy atom. The summed E-state index contributed by atoms with van der Waals surface area (Å²) in [4.78, 5) is 22.8. The third-order valence-electron chi connectivity index (χ3n) is 4.90. The van der Waals surface area contributed by atoms with Crippen LogP contribution in [0.2, 0.25) is 10.0 Å². The molecule has 0 unspecified atom stereocenters. The molecule has 0 spiro atoms. The van der Waals surface area contributed by atoms with Crippen LogP contribution in [-0.2, 0) is 11.2 Å². The number of carbonyl (C=O) groups is 1. The minimum Gasteiger partial charge on any atom is -0.497 e. The van der Waals surface area contributed by atoms with Crippen LogP contribution in [0.3, 0.4) is 0 Å². The predicted octanol–water partition coefficient (Wildman–Crippen LogP) is 5.06. The van der Waals surface area contributed by atoms with Crippen LogP contribution < -0.4 is 9.64 Å². The maximum atomic E-state index is 13.1. The van der Waals surface area contributed by atoms with E-state index in [-0.39, 0.29) is 12.3 Å². The number of imidazole rings is 1. The lowest BCUT2D eigenvalue weighted by Gasteiger charge is -2.17. The highest BCUT2D eigenvalue weighted by atomic mass is 35.5. The number of rotatable bonds is 5. The summed E-state index contributed by atoms with van der Waals surface area (Å²) in [6.45, 7) is 0. The molecular weight excluding hydrogens is 441 g/mol. The Morgan fingerprint density at radius 3 is 2.58 bits per heavy atom. The van der Waals surface area contributed by atoms with Crippen molar-refractivity contribution in [3.05, 3.63) is 76.5 Å². The lowest BCUT2D eigenvalue weighted by atomic mass is 10.1. The van der Waals surface area contributed by atoms with Gasteiger partial charge in [-0.25, -0.2) is 9.97 Å². The predicted molar refractivity (Wildman–Crippen MR) is 119 cm³/mol. The van der Waals surface area contributed by atoms with Gasteiger partial charge in [-0.3, -0.25) is 4.79 Å². The molecule has 0 N–H and O–H groups in total. The molecule has 6 nitrogen and oxygen atoms in total. The highest BCUT2D eigenvalue weighted by Gasteiger charge is 2.21. The number of ether oxygens (including phenoxy) is 1. The monoisotopic (exact) mass is 457 g/mol. The number of hydrogen-bond acceptors (Lipinski definition) is 4. The topological polar surface area (TPSA) is 59.7 Å². The van der Waals surface area contributed by atoms with Crippen molar-refractivity contribution in [1.82, 2.24) is 14.4 Å². The van der Waals surface area contributed by atoms with E-state index >= 15 is 0 Å². The number of nitrogens with zero attached hydrogens (tertiary/aromatic N) is 4. The van der Waals surface area contributed by atoms with Crippen molar-refractivity contribution in [1.29, 1.82) is 0 Å². The molecule has 31 heavy (non-hydrogen) atoms. The van der Waals surface area contributed by atoms with Crippen molar-refractivity contribution < 1.29 is 13.9 Å². The smallest absolute Gasteiger partial charge is 0.232 e. The molecule has 0 radical (unpaired) electrons. The van der Waals surface area contributed by atoms with E-state index in [0.29, 0.717) is 38.5 Å². The maximum absolute atomic E-state index is 13.1. The summed E-state index contributed by atoms with van der Waals surface area (Å²) < 4.78 is 20.1. The van der Waals surface area contributed by atoms with Crippen molar-refractivity contribution in [2.24, 2.45) is 0 Å². The molecule has 1 aromatic carbocycles. The fourth-order valence-corrected chi connectivity index (χ4v) is 3.75. The molecule has 0 saturated carbocycles. The number of halogens is 3. The number of aromatic nitrogens is 3. The largest absolute Gasteiger partial charge is 0.497 e. The first-order chi connectivity index (χ1) is 14.9. The Labute approximate surface area is 187 Å². The highest BCUT2D eigenvalue weighted by Crippen LogP contribution is 2.31. The van der Waals surface area contributed by atoms with Gasteiger partial charge in [-0.05, 0) is 42.5 Å². The lowest BCUT2D eigenvalue weighted by Crippen LogP contribution is -2.28. The maximum Gasteiger partial charge on any atom is 0.232 e. The van der Waals surface area contributed by atoms with Gasteiger partial charge in [0.2, 0.25) is 11.9 Å². The van der Waals surface area contributed by atoms with E-state index < -0.39 is 5.95 Å². The zero-order valence-electron chi connectivity index (χ0n) is 16.6. The molecule has 158 valence electrons. The Bertz CT molecular complexity index is 1260. The molecule has 1 amide bonds. The number of fused-ring (bicyclic) bond motifs is 1. The molecule has 3 aromatic heterocycles. The van der Waals surface area contributed by atoms with Crippen molar-refractivity contribution in [2.75, 3.05) is 19.1 Å². The zero-order valence-corrected chi connectivity index (χ0v) is 18.2. The molecule has 0 aliphatic heterocycles. The van der Waals surface area contributed by atoms with Crippen molar-refractivity contribution in [2.45, 2.75) is 6.42 Å². The van der Waals surface area contributed by atoms with E-state index in [4.69, 9.17) is 27.9 Å². The normalized spacial score (nSPS) is 11.0. The van der Waals surface area contributed by atoms with Crippen LogP contribution in [0, 0.1) is 5.95 Å². The van der Waals surface area contributed by atoms with Crippen molar-refractivity contribution in [3.8, 4) is 17.0 Å². The number of methoxy groups -OCH3 is 1. The number of anilines is 1. The summed E-state index contributed by atoms with van der Waals surface area (Å²) in [7, 11) is 3.19. The molecule has 0 saturated heterocycles. The fraction of sp³-hybridized carbons (Fsp3) is 0.136. The van der Waals surface area contributed by atoms with E-state index in [2.05, 4.69) is 9.97 Å². The van der Waals surface area contributed by atoms with Crippen molar-refractivity contribution in [3.63, 3.8) is 0 Å². The second kappa shape index (κ2) is 8.53. The van der Waals surface area contributed by atoms with Crippen LogP contribution in [0.5, 0.6) is 5.75 Å². The Morgan fingerprint density at radius 2 is 1.94 bits per heavy atom. The number of hydrogen-bond donors (Lipinski definition) is 0. The van der Waals surface area contributed by atoms with Crippen LogP contribution in [0.4, 0.5) is 10.1 Å². The van der Waals surface area contributed by atoms with Crippen LogP contribution in [0.1, 0.15) is 5.69 Å². The van der Waals surface area contributed by atoms with Crippen LogP contribution in [-0.4, -0.2) is 34.4 Å². The average Bonchev–Trinajstić information content (AvgIpc) is 3.12. The Kier molecular flexibility index (Phi) is 5.80. The molecule has 3 heterocycles. The van der Waals surface area contributed by atoms with E-state index in [1.54, 1.807) is 30.8 Å². The standard InChI is InChI=1S/C22H17Cl2FN4O2/c1-28(15-5-8-19(25)26-11-15)20(30)10-18-21(13-3-6-16(31-2)7-4-13)27-22-17(24)9-14(23)12-29(18)22/h3-9,11-12H,10H2,1-2H3/i25-1. The van der Waals surface area contributed by atoms with E-state index in [1.807, 2.05) is 24.3 Å². The second-order valence-electron chi connectivity index (χ2n) is 6.80. The van der Waals surface area contributed by atoms with Gasteiger partial charge in [-0.2, -0.15) is 4.39 Å². The third kappa shape index (κ3) is 4.19. The van der Waals surface area contributed by atoms with Gasteiger partial charge in [0, 0.05) is 18.8 Å². The average molecular weight is 458 g/mol. The summed E-state index contributed by atoms with van der Waals surface area (Å²) in [5.41, 5.74) is 2.99. The summed E-state index contributed by atoms with van der Waals surface area (Å²) in [6, 6.07) is 11.6. The van der Waals surface area contributed by atoms with Gasteiger partial charge in [0.1, 0.15) is 5.75 Å². The van der Waals surface area contributed by atoms with Gasteiger partial charge in [0.05, 0.1) is 46.8 Å². The zero-order chi connectivity index (χ0) is 22.1. The van der Waals surface area contributed by atoms with Crippen molar-refractivity contribution >= 4 is 40.4 Å². The third-order valence-corrected chi connectivity index (χ3v) is 5.38. The lowest BCUT2D eigenvalue weighted by molar-refractivity contribution is -0.117. The van der Waals surface area contributed by atoms with Gasteiger partial charge in [0.25, 0.3) is 0 Å².